The van der Waals surface area contributed by atoms with Gasteiger partial charge in [0.2, 0.25) is 0 Å². The van der Waals surface area contributed by atoms with E-state index in [1.54, 1.807) is 6.07 Å². The lowest BCUT2D eigenvalue weighted by atomic mass is 9.88. The molecule has 0 aliphatic carbocycles. The Hall–Kier alpha value is -1.16. The molecule has 1 N–H and O–H groups in total. The van der Waals surface area contributed by atoms with E-state index in [2.05, 4.69) is 5.32 Å². The second kappa shape index (κ2) is 4.37. The molecule has 4 heteroatoms. The first-order valence-corrected chi connectivity index (χ1v) is 5.39. The van der Waals surface area contributed by atoms with Gasteiger partial charge in [0.05, 0.1) is 7.11 Å². The summed E-state index contributed by atoms with van der Waals surface area (Å²) in [7, 11) is 1.46. The molecule has 0 spiro atoms. The van der Waals surface area contributed by atoms with Gasteiger partial charge in [-0.1, -0.05) is 0 Å². The Bertz CT molecular complexity index is 375. The predicted octanol–water partition coefficient (Wildman–Crippen LogP) is 2.38. The normalized spacial score (nSPS) is 25.4. The molecule has 2 nitrogen and oxygen atoms in total. The van der Waals surface area contributed by atoms with E-state index in [0.29, 0.717) is 12.2 Å². The van der Waals surface area contributed by atoms with E-state index in [9.17, 15) is 8.78 Å². The molecule has 16 heavy (non-hydrogen) atoms. The lowest BCUT2D eigenvalue weighted by molar-refractivity contribution is 0.117. The number of hydrogen-bond donors (Lipinski definition) is 1. The molecule has 0 radical (unpaired) electrons. The Balaban J connectivity index is 2.32. The van der Waals surface area contributed by atoms with E-state index in [0.717, 1.165) is 13.0 Å². The molecule has 1 aliphatic heterocycles. The van der Waals surface area contributed by atoms with Crippen LogP contribution < -0.4 is 10.1 Å². The summed E-state index contributed by atoms with van der Waals surface area (Å²) in [4.78, 5) is 0. The Kier molecular flexibility index (Phi) is 3.10. The number of piperidine rings is 1. The fourth-order valence-electron chi connectivity index (χ4n) is 2.08. The second-order valence-electron chi connectivity index (χ2n) is 4.09. The van der Waals surface area contributed by atoms with Crippen molar-refractivity contribution in [2.75, 3.05) is 20.2 Å². The molecule has 0 aromatic heterocycles. The second-order valence-corrected chi connectivity index (χ2v) is 4.09. The smallest absolute Gasteiger partial charge is 0.151 e. The molecule has 1 heterocycles. The first-order chi connectivity index (χ1) is 7.65. The van der Waals surface area contributed by atoms with E-state index in [1.807, 2.05) is 0 Å². The van der Waals surface area contributed by atoms with Gasteiger partial charge in [-0.25, -0.2) is 8.78 Å². The van der Waals surface area contributed by atoms with Crippen LogP contribution in [0, 0.1) is 5.82 Å². The fourth-order valence-corrected chi connectivity index (χ4v) is 2.08. The average molecular weight is 227 g/mol. The third-order valence-electron chi connectivity index (χ3n) is 2.99. The van der Waals surface area contributed by atoms with Crippen LogP contribution in [0.4, 0.5) is 8.78 Å². The Labute approximate surface area is 93.6 Å². The van der Waals surface area contributed by atoms with Gasteiger partial charge in [-0.3, -0.25) is 0 Å². The van der Waals surface area contributed by atoms with E-state index in [4.69, 9.17) is 4.74 Å². The zero-order valence-electron chi connectivity index (χ0n) is 9.22. The highest BCUT2D eigenvalue weighted by atomic mass is 19.1. The number of methoxy groups -OCH3 is 1. The Morgan fingerprint density at radius 1 is 1.44 bits per heavy atom. The van der Waals surface area contributed by atoms with Gasteiger partial charge >= 0.3 is 0 Å². The summed E-state index contributed by atoms with van der Waals surface area (Å²) in [5.41, 5.74) is -1.46. The van der Waals surface area contributed by atoms with Crippen molar-refractivity contribution in [1.82, 2.24) is 5.32 Å². The van der Waals surface area contributed by atoms with Crippen LogP contribution in [0.15, 0.2) is 18.2 Å². The zero-order chi connectivity index (χ0) is 11.6. The minimum absolute atomic E-state index is 0.125. The van der Waals surface area contributed by atoms with Gasteiger partial charge < -0.3 is 10.1 Å². The lowest BCUT2D eigenvalue weighted by Crippen LogP contribution is -2.40. The molecule has 1 fully saturated rings. The molecule has 88 valence electrons. The fraction of sp³-hybridized carbons (Fsp3) is 0.500. The summed E-state index contributed by atoms with van der Waals surface area (Å²) < 4.78 is 33.1. The van der Waals surface area contributed by atoms with Crippen molar-refractivity contribution in [2.24, 2.45) is 0 Å². The van der Waals surface area contributed by atoms with Crippen LogP contribution >= 0.6 is 0 Å². The molecule has 1 unspecified atom stereocenters. The number of hydrogen-bond acceptors (Lipinski definition) is 2. The molecular weight excluding hydrogens is 212 g/mol. The van der Waals surface area contributed by atoms with Crippen molar-refractivity contribution >= 4 is 0 Å². The maximum atomic E-state index is 14.5. The standard InChI is InChI=1S/C12H15F2NO/c1-16-9-3-4-10(11(13)7-9)12(14)5-2-6-15-8-12/h3-4,7,15H,2,5-6,8H2,1H3. The monoisotopic (exact) mass is 227 g/mol. The third-order valence-corrected chi connectivity index (χ3v) is 2.99. The highest BCUT2D eigenvalue weighted by Crippen LogP contribution is 2.35. The van der Waals surface area contributed by atoms with Gasteiger partial charge in [0.1, 0.15) is 11.6 Å². The Morgan fingerprint density at radius 2 is 2.25 bits per heavy atom. The van der Waals surface area contributed by atoms with Crippen molar-refractivity contribution in [3.8, 4) is 5.75 Å². The van der Waals surface area contributed by atoms with Gasteiger partial charge in [0.25, 0.3) is 0 Å². The maximum absolute atomic E-state index is 14.5. The van der Waals surface area contributed by atoms with Crippen LogP contribution in [0.2, 0.25) is 0 Å². The molecular formula is C12H15F2NO. The molecule has 1 atom stereocenters. The quantitative estimate of drug-likeness (QED) is 0.837. The molecule has 1 aromatic rings. The van der Waals surface area contributed by atoms with Crippen LogP contribution in [-0.4, -0.2) is 20.2 Å². The summed E-state index contributed by atoms with van der Waals surface area (Å²) >= 11 is 0. The van der Waals surface area contributed by atoms with Crippen molar-refractivity contribution in [2.45, 2.75) is 18.5 Å². The molecule has 0 bridgehead atoms. The summed E-state index contributed by atoms with van der Waals surface area (Å²) in [5.74, 6) is -0.126. The van der Waals surface area contributed by atoms with Crippen LogP contribution in [0.25, 0.3) is 0 Å². The van der Waals surface area contributed by atoms with E-state index >= 15 is 0 Å². The lowest BCUT2D eigenvalue weighted by Gasteiger charge is -2.30. The first-order valence-electron chi connectivity index (χ1n) is 5.39. The zero-order valence-corrected chi connectivity index (χ0v) is 9.22. The molecule has 1 aromatic carbocycles. The van der Waals surface area contributed by atoms with Crippen LogP contribution in [-0.2, 0) is 5.67 Å². The minimum atomic E-state index is -1.59. The van der Waals surface area contributed by atoms with Crippen molar-refractivity contribution < 1.29 is 13.5 Å². The number of ether oxygens (including phenoxy) is 1. The van der Waals surface area contributed by atoms with E-state index in [1.165, 1.54) is 19.2 Å². The molecule has 1 aliphatic rings. The van der Waals surface area contributed by atoms with Gasteiger partial charge in [-0.15, -0.1) is 0 Å². The number of rotatable bonds is 2. The number of benzene rings is 1. The predicted molar refractivity (Wildman–Crippen MR) is 57.8 cm³/mol. The van der Waals surface area contributed by atoms with Crippen LogP contribution in [0.3, 0.4) is 0 Å². The molecule has 0 saturated carbocycles. The van der Waals surface area contributed by atoms with Crippen molar-refractivity contribution in [1.29, 1.82) is 0 Å². The average Bonchev–Trinajstić information content (AvgIpc) is 2.29. The SMILES string of the molecule is COc1ccc(C2(F)CCCNC2)c(F)c1. The number of nitrogens with one attached hydrogen (secondary N) is 1. The van der Waals surface area contributed by atoms with E-state index in [-0.39, 0.29) is 12.1 Å². The molecule has 1 saturated heterocycles. The van der Waals surface area contributed by atoms with Gasteiger partial charge in [0.15, 0.2) is 5.67 Å². The number of alkyl halides is 1. The summed E-state index contributed by atoms with van der Waals surface area (Å²) in [5, 5.41) is 2.96. The first kappa shape index (κ1) is 11.3. The topological polar surface area (TPSA) is 21.3 Å². The minimum Gasteiger partial charge on any atom is -0.497 e. The highest BCUT2D eigenvalue weighted by Gasteiger charge is 2.36. The van der Waals surface area contributed by atoms with E-state index < -0.39 is 11.5 Å². The Morgan fingerprint density at radius 3 is 2.81 bits per heavy atom. The maximum Gasteiger partial charge on any atom is 0.151 e. The van der Waals surface area contributed by atoms with Crippen molar-refractivity contribution in [3.05, 3.63) is 29.6 Å². The van der Waals surface area contributed by atoms with Crippen molar-refractivity contribution in [3.63, 3.8) is 0 Å². The van der Waals surface area contributed by atoms with Gasteiger partial charge in [-0.2, -0.15) is 0 Å². The van der Waals surface area contributed by atoms with Crippen LogP contribution in [0.5, 0.6) is 5.75 Å². The van der Waals surface area contributed by atoms with Gasteiger partial charge in [-0.05, 0) is 31.5 Å². The number of halogens is 2. The summed E-state index contributed by atoms with van der Waals surface area (Å²) in [6, 6.07) is 4.29. The van der Waals surface area contributed by atoms with Crippen LogP contribution in [0.1, 0.15) is 18.4 Å². The third kappa shape index (κ3) is 2.02. The summed E-state index contributed by atoms with van der Waals surface area (Å²) in [6.45, 7) is 0.972. The summed E-state index contributed by atoms with van der Waals surface area (Å²) in [6.07, 6.45) is 1.09. The van der Waals surface area contributed by atoms with Gasteiger partial charge in [0, 0.05) is 18.2 Å². The molecule has 0 amide bonds. The molecule has 2 rings (SSSR count). The largest absolute Gasteiger partial charge is 0.497 e. The highest BCUT2D eigenvalue weighted by molar-refractivity contribution is 5.33.